The number of aromatic nitrogens is 2. The molecule has 0 aliphatic carbocycles. The maximum absolute atomic E-state index is 13.6. The van der Waals surface area contributed by atoms with Gasteiger partial charge in [0, 0.05) is 11.4 Å². The first-order chi connectivity index (χ1) is 16.4. The van der Waals surface area contributed by atoms with E-state index in [9.17, 15) is 14.4 Å². The largest absolute Gasteiger partial charge is 0.465 e. The Balaban J connectivity index is 1.73. The average molecular weight is 496 g/mol. The molecular formula is C24H18ClN3O5S. The first-order valence-electron chi connectivity index (χ1n) is 10.5. The van der Waals surface area contributed by atoms with Gasteiger partial charge < -0.3 is 9.15 Å². The van der Waals surface area contributed by atoms with Crippen molar-refractivity contribution in [3.63, 3.8) is 0 Å². The molecule has 1 aliphatic heterocycles. The van der Waals surface area contributed by atoms with Crippen molar-refractivity contribution in [1.29, 1.82) is 0 Å². The van der Waals surface area contributed by atoms with E-state index in [1.807, 2.05) is 6.92 Å². The number of halogens is 1. The van der Waals surface area contributed by atoms with Crippen LogP contribution in [0.3, 0.4) is 0 Å². The van der Waals surface area contributed by atoms with Gasteiger partial charge in [-0.3, -0.25) is 14.5 Å². The zero-order chi connectivity index (χ0) is 24.0. The second-order valence-corrected chi connectivity index (χ2v) is 9.21. The molecule has 2 aromatic heterocycles. The molecule has 172 valence electrons. The van der Waals surface area contributed by atoms with E-state index in [4.69, 9.17) is 20.8 Å². The van der Waals surface area contributed by atoms with Gasteiger partial charge in [-0.1, -0.05) is 42.0 Å². The van der Waals surface area contributed by atoms with Gasteiger partial charge in [-0.05, 0) is 42.3 Å². The Hall–Kier alpha value is -3.56. The lowest BCUT2D eigenvalue weighted by atomic mass is 9.98. The SMILES string of the molecule is CCCc1nnc(N2C(=O)c3oc4ccc(Cl)cc4c(=O)c3C2c2ccc(C(=O)OC)cc2)s1. The minimum absolute atomic E-state index is 0.0471. The molecule has 1 amide bonds. The number of methoxy groups -OCH3 is 1. The molecule has 0 radical (unpaired) electrons. The van der Waals surface area contributed by atoms with E-state index in [1.54, 1.807) is 36.4 Å². The highest BCUT2D eigenvalue weighted by Gasteiger charge is 2.45. The molecule has 1 aliphatic rings. The Labute approximate surface area is 202 Å². The molecule has 1 unspecified atom stereocenters. The second-order valence-electron chi connectivity index (χ2n) is 7.73. The molecule has 1 atom stereocenters. The van der Waals surface area contributed by atoms with Crippen LogP contribution in [0, 0.1) is 0 Å². The number of anilines is 1. The van der Waals surface area contributed by atoms with Crippen molar-refractivity contribution in [1.82, 2.24) is 10.2 Å². The minimum atomic E-state index is -0.809. The first kappa shape index (κ1) is 22.2. The number of ether oxygens (including phenoxy) is 1. The Bertz CT molecular complexity index is 1500. The van der Waals surface area contributed by atoms with Crippen molar-refractivity contribution in [2.24, 2.45) is 0 Å². The van der Waals surface area contributed by atoms with Crippen molar-refractivity contribution in [3.05, 3.63) is 85.2 Å². The van der Waals surface area contributed by atoms with Crippen molar-refractivity contribution in [3.8, 4) is 0 Å². The highest BCUT2D eigenvalue weighted by molar-refractivity contribution is 7.15. The van der Waals surface area contributed by atoms with E-state index < -0.39 is 17.9 Å². The monoisotopic (exact) mass is 495 g/mol. The third kappa shape index (κ3) is 3.57. The predicted molar refractivity (Wildman–Crippen MR) is 128 cm³/mol. The smallest absolute Gasteiger partial charge is 0.337 e. The molecule has 0 saturated carbocycles. The number of rotatable bonds is 5. The minimum Gasteiger partial charge on any atom is -0.465 e. The van der Waals surface area contributed by atoms with Crippen LogP contribution in [-0.2, 0) is 11.2 Å². The third-order valence-electron chi connectivity index (χ3n) is 5.61. The number of benzene rings is 2. The lowest BCUT2D eigenvalue weighted by Crippen LogP contribution is -2.29. The van der Waals surface area contributed by atoms with Gasteiger partial charge in [0.15, 0.2) is 5.43 Å². The molecule has 8 nitrogen and oxygen atoms in total. The number of fused-ring (bicyclic) bond motifs is 2. The maximum Gasteiger partial charge on any atom is 0.337 e. The summed E-state index contributed by atoms with van der Waals surface area (Å²) in [5.41, 5.74) is 1.07. The van der Waals surface area contributed by atoms with E-state index in [0.717, 1.165) is 17.8 Å². The summed E-state index contributed by atoms with van der Waals surface area (Å²) in [6.07, 6.45) is 1.61. The van der Waals surface area contributed by atoms with Crippen molar-refractivity contribution >= 4 is 50.9 Å². The number of hydrogen-bond donors (Lipinski definition) is 0. The summed E-state index contributed by atoms with van der Waals surface area (Å²) in [6.45, 7) is 2.03. The van der Waals surface area contributed by atoms with Gasteiger partial charge >= 0.3 is 5.97 Å². The fourth-order valence-electron chi connectivity index (χ4n) is 4.03. The number of carbonyl (C=O) groups is 2. The highest BCUT2D eigenvalue weighted by Crippen LogP contribution is 2.42. The Morgan fingerprint density at radius 3 is 2.65 bits per heavy atom. The lowest BCUT2D eigenvalue weighted by Gasteiger charge is -2.22. The Morgan fingerprint density at radius 1 is 1.18 bits per heavy atom. The molecular weight excluding hydrogens is 478 g/mol. The Morgan fingerprint density at radius 2 is 1.94 bits per heavy atom. The highest BCUT2D eigenvalue weighted by atomic mass is 35.5. The van der Waals surface area contributed by atoms with Crippen LogP contribution in [0.2, 0.25) is 5.02 Å². The standard InChI is InChI=1S/C24H18ClN3O5S/c1-3-4-17-26-27-24(34-17)28-19(12-5-7-13(8-6-12)23(31)32-2)18-20(29)15-11-14(25)9-10-16(15)33-21(18)22(28)30/h5-11,19H,3-4H2,1-2H3. The van der Waals surface area contributed by atoms with E-state index in [0.29, 0.717) is 21.3 Å². The molecule has 34 heavy (non-hydrogen) atoms. The van der Waals surface area contributed by atoms with Crippen LogP contribution in [0.15, 0.2) is 51.7 Å². The number of hydrogen-bond acceptors (Lipinski definition) is 8. The van der Waals surface area contributed by atoms with E-state index >= 15 is 0 Å². The summed E-state index contributed by atoms with van der Waals surface area (Å²) < 4.78 is 10.7. The lowest BCUT2D eigenvalue weighted by molar-refractivity contribution is 0.0600. The molecule has 10 heteroatoms. The van der Waals surface area contributed by atoms with E-state index in [2.05, 4.69) is 10.2 Å². The maximum atomic E-state index is 13.6. The predicted octanol–water partition coefficient (Wildman–Crippen LogP) is 4.79. The van der Waals surface area contributed by atoms with E-state index in [-0.39, 0.29) is 27.7 Å². The summed E-state index contributed by atoms with van der Waals surface area (Å²) in [4.78, 5) is 40.5. The molecule has 2 aromatic carbocycles. The summed E-state index contributed by atoms with van der Waals surface area (Å²) in [5, 5.41) is 10.2. The Kier molecular flexibility index (Phi) is 5.66. The molecule has 0 saturated heterocycles. The van der Waals surface area contributed by atoms with Gasteiger partial charge in [0.2, 0.25) is 10.9 Å². The number of esters is 1. The quantitative estimate of drug-likeness (QED) is 0.367. The van der Waals surface area contributed by atoms with Crippen LogP contribution in [0.25, 0.3) is 11.0 Å². The van der Waals surface area contributed by atoms with Crippen LogP contribution in [0.4, 0.5) is 5.13 Å². The second kappa shape index (κ2) is 8.66. The van der Waals surface area contributed by atoms with E-state index in [1.165, 1.54) is 29.4 Å². The van der Waals surface area contributed by atoms with Crippen LogP contribution in [0.5, 0.6) is 0 Å². The van der Waals surface area contributed by atoms with Crippen molar-refractivity contribution in [2.45, 2.75) is 25.8 Å². The number of nitrogens with zero attached hydrogens (tertiary/aromatic N) is 3. The average Bonchev–Trinajstić information content (AvgIpc) is 3.42. The van der Waals surface area contributed by atoms with Crippen molar-refractivity contribution < 1.29 is 18.7 Å². The molecule has 0 fully saturated rings. The van der Waals surface area contributed by atoms with Gasteiger partial charge in [0.05, 0.1) is 29.7 Å². The summed E-state index contributed by atoms with van der Waals surface area (Å²) in [5.74, 6) is -1.01. The summed E-state index contributed by atoms with van der Waals surface area (Å²) in [6, 6.07) is 10.4. The van der Waals surface area contributed by atoms with Crippen LogP contribution >= 0.6 is 22.9 Å². The van der Waals surface area contributed by atoms with Crippen LogP contribution in [0.1, 0.15) is 56.4 Å². The molecule has 0 bridgehead atoms. The third-order valence-corrected chi connectivity index (χ3v) is 6.82. The normalized spacial score (nSPS) is 15.1. The summed E-state index contributed by atoms with van der Waals surface area (Å²) in [7, 11) is 1.30. The zero-order valence-electron chi connectivity index (χ0n) is 18.2. The van der Waals surface area contributed by atoms with Gasteiger partial charge in [-0.15, -0.1) is 10.2 Å². The topological polar surface area (TPSA) is 103 Å². The van der Waals surface area contributed by atoms with Crippen LogP contribution in [-0.4, -0.2) is 29.2 Å². The molecule has 0 N–H and O–H groups in total. The van der Waals surface area contributed by atoms with Crippen LogP contribution < -0.4 is 10.3 Å². The fourth-order valence-corrected chi connectivity index (χ4v) is 5.17. The number of aryl methyl sites for hydroxylation is 1. The zero-order valence-corrected chi connectivity index (χ0v) is 19.8. The molecule has 5 rings (SSSR count). The first-order valence-corrected chi connectivity index (χ1v) is 11.7. The molecule has 0 spiro atoms. The molecule has 3 heterocycles. The summed E-state index contributed by atoms with van der Waals surface area (Å²) >= 11 is 7.42. The van der Waals surface area contributed by atoms with Gasteiger partial charge in [-0.25, -0.2) is 4.79 Å². The van der Waals surface area contributed by atoms with Gasteiger partial charge in [0.1, 0.15) is 10.6 Å². The fraction of sp³-hybridized carbons (Fsp3) is 0.208. The van der Waals surface area contributed by atoms with Crippen molar-refractivity contribution in [2.75, 3.05) is 12.0 Å². The number of carbonyl (C=O) groups excluding carboxylic acids is 2. The number of amides is 1. The van der Waals surface area contributed by atoms with Gasteiger partial charge in [-0.2, -0.15) is 0 Å². The van der Waals surface area contributed by atoms with Gasteiger partial charge in [0.25, 0.3) is 5.91 Å². The molecule has 4 aromatic rings.